The third-order valence-corrected chi connectivity index (χ3v) is 9.40. The minimum atomic E-state index is -1.43. The van der Waals surface area contributed by atoms with Crippen molar-refractivity contribution in [3.05, 3.63) is 53.8 Å². The van der Waals surface area contributed by atoms with Gasteiger partial charge < -0.3 is 45.3 Å². The van der Waals surface area contributed by atoms with Crippen LogP contribution in [-0.4, -0.2) is 95.1 Å². The highest BCUT2D eigenvalue weighted by Crippen LogP contribution is 2.41. The summed E-state index contributed by atoms with van der Waals surface area (Å²) >= 11 is 0. The lowest BCUT2D eigenvalue weighted by Gasteiger charge is -2.42. The molecule has 5 unspecified atom stereocenters. The number of aromatic nitrogens is 1. The first kappa shape index (κ1) is 35.6. The third-order valence-electron chi connectivity index (χ3n) is 9.40. The topological polar surface area (TPSA) is 156 Å². The van der Waals surface area contributed by atoms with Crippen LogP contribution in [0.2, 0.25) is 0 Å². The molecule has 6 N–H and O–H groups in total. The van der Waals surface area contributed by atoms with Gasteiger partial charge >= 0.3 is 0 Å². The van der Waals surface area contributed by atoms with Crippen LogP contribution in [-0.2, 0) is 30.9 Å². The van der Waals surface area contributed by atoms with Crippen molar-refractivity contribution in [2.75, 3.05) is 25.2 Å². The maximum Gasteiger partial charge on any atom is 0.243 e. The zero-order valence-corrected chi connectivity index (χ0v) is 28.2. The summed E-state index contributed by atoms with van der Waals surface area (Å²) in [4.78, 5) is 31.4. The molecule has 1 aromatic heterocycles. The molecule has 0 saturated carbocycles. The SMILES string of the molecule is C=C[C@@](C)(CCC=C(C)C)c1ccc2c3c(c[nH]c13)C[C@@H](COC1OC(CO)C(O)C(O)C1NC(C)=O)NC(=O)[C@H](C(C)C)N2C. The quantitative estimate of drug-likeness (QED) is 0.205. The molecule has 11 nitrogen and oxygen atoms in total. The van der Waals surface area contributed by atoms with Crippen molar-refractivity contribution in [2.45, 2.75) is 109 Å². The summed E-state index contributed by atoms with van der Waals surface area (Å²) in [7, 11) is 1.95. The van der Waals surface area contributed by atoms with Crippen molar-refractivity contribution in [1.82, 2.24) is 15.6 Å². The Morgan fingerprint density at radius 1 is 1.26 bits per heavy atom. The molecule has 2 amide bonds. The number of amides is 2. The fraction of sp³-hybridized carbons (Fsp3) is 0.600. The number of hydrogen-bond donors (Lipinski definition) is 6. The van der Waals surface area contributed by atoms with Crippen LogP contribution in [0.5, 0.6) is 0 Å². The molecule has 8 atom stereocenters. The summed E-state index contributed by atoms with van der Waals surface area (Å²) in [5.41, 5.74) is 5.05. The van der Waals surface area contributed by atoms with E-state index in [9.17, 15) is 24.9 Å². The van der Waals surface area contributed by atoms with Crippen LogP contribution >= 0.6 is 0 Å². The smallest absolute Gasteiger partial charge is 0.243 e. The number of carbonyl (C=O) groups excluding carboxylic acids is 2. The molecule has 11 heteroatoms. The number of nitrogens with zero attached hydrogens (tertiary/aromatic N) is 1. The van der Waals surface area contributed by atoms with E-state index in [1.54, 1.807) is 0 Å². The highest BCUT2D eigenvalue weighted by molar-refractivity contribution is 6.00. The molecule has 1 aromatic carbocycles. The molecular weight excluding hydrogens is 588 g/mol. The number of ether oxygens (including phenoxy) is 2. The third kappa shape index (κ3) is 7.34. The van der Waals surface area contributed by atoms with E-state index >= 15 is 0 Å². The number of nitrogens with one attached hydrogen (secondary N) is 3. The molecule has 2 aromatic rings. The zero-order chi connectivity index (χ0) is 33.9. The Balaban J connectivity index is 1.73. The van der Waals surface area contributed by atoms with Gasteiger partial charge in [0, 0.05) is 36.7 Å². The molecule has 0 spiro atoms. The maximum atomic E-state index is 13.8. The van der Waals surface area contributed by atoms with E-state index in [0.29, 0.717) is 6.42 Å². The minimum absolute atomic E-state index is 0.0166. The van der Waals surface area contributed by atoms with Gasteiger partial charge in [-0.3, -0.25) is 9.59 Å². The Bertz CT molecular complexity index is 1430. The molecule has 1 fully saturated rings. The second kappa shape index (κ2) is 14.7. The molecule has 254 valence electrons. The highest BCUT2D eigenvalue weighted by atomic mass is 16.7. The standard InChI is InChI=1S/C35H52N4O7/c1-9-35(7,14-10-11-19(2)3)24-12-13-25-27-22(16-36-28(24)27)15-23(38-33(44)30(20(4)5)39(25)8)18-45-34-29(37-21(6)41)32(43)31(42)26(17-40)46-34/h9,11-13,16,20,23,26,29-32,34,36,40,42-43H,1,10,14-15,17-18H2,2-8H3,(H,37,41)(H,38,44)/t23-,26?,29?,30-,31?,32?,34?,35-/m0/s1. The first-order valence-corrected chi connectivity index (χ1v) is 16.2. The first-order chi connectivity index (χ1) is 21.7. The van der Waals surface area contributed by atoms with Crippen LogP contribution in [0.25, 0.3) is 10.9 Å². The van der Waals surface area contributed by atoms with Gasteiger partial charge in [0.2, 0.25) is 11.8 Å². The Morgan fingerprint density at radius 3 is 2.59 bits per heavy atom. The van der Waals surface area contributed by atoms with Crippen LogP contribution in [0.15, 0.2) is 42.6 Å². The molecule has 2 aliphatic rings. The number of carbonyl (C=O) groups is 2. The van der Waals surface area contributed by atoms with Crippen molar-refractivity contribution in [3.63, 3.8) is 0 Å². The van der Waals surface area contributed by atoms with Gasteiger partial charge in [-0.05, 0) is 56.2 Å². The number of aliphatic hydroxyl groups excluding tert-OH is 3. The van der Waals surface area contributed by atoms with Crippen molar-refractivity contribution >= 4 is 28.4 Å². The van der Waals surface area contributed by atoms with Crippen LogP contribution in [0.3, 0.4) is 0 Å². The van der Waals surface area contributed by atoms with Gasteiger partial charge in [0.25, 0.3) is 0 Å². The normalized spacial score (nSPS) is 28.1. The predicted molar refractivity (Wildman–Crippen MR) is 178 cm³/mol. The average Bonchev–Trinajstić information content (AvgIpc) is 3.42. The number of H-pyrrole nitrogens is 1. The summed E-state index contributed by atoms with van der Waals surface area (Å²) < 4.78 is 11.9. The number of likely N-dealkylation sites (N-methyl/N-ethyl adjacent to an activating group) is 1. The first-order valence-electron chi connectivity index (χ1n) is 16.2. The molecule has 3 heterocycles. The minimum Gasteiger partial charge on any atom is -0.394 e. The van der Waals surface area contributed by atoms with E-state index in [1.807, 2.05) is 38.1 Å². The van der Waals surface area contributed by atoms with E-state index in [-0.39, 0.29) is 23.8 Å². The highest BCUT2D eigenvalue weighted by Gasteiger charge is 2.46. The molecule has 0 bridgehead atoms. The lowest BCUT2D eigenvalue weighted by Crippen LogP contribution is -2.65. The van der Waals surface area contributed by atoms with Crippen LogP contribution in [0, 0.1) is 5.92 Å². The summed E-state index contributed by atoms with van der Waals surface area (Å²) in [6, 6.07) is 2.19. The molecular formula is C35H52N4O7. The lowest BCUT2D eigenvalue weighted by atomic mass is 9.77. The number of aliphatic hydroxyl groups is 3. The van der Waals surface area contributed by atoms with E-state index in [1.165, 1.54) is 12.5 Å². The number of allylic oxidation sites excluding steroid dienone is 3. The maximum absolute atomic E-state index is 13.8. The van der Waals surface area contributed by atoms with Gasteiger partial charge in [-0.15, -0.1) is 6.58 Å². The number of hydrogen-bond acceptors (Lipinski definition) is 8. The van der Waals surface area contributed by atoms with Crippen LogP contribution < -0.4 is 15.5 Å². The molecule has 0 aliphatic carbocycles. The Labute approximate surface area is 272 Å². The monoisotopic (exact) mass is 640 g/mol. The molecule has 1 saturated heterocycles. The van der Waals surface area contributed by atoms with Gasteiger partial charge in [-0.25, -0.2) is 0 Å². The number of aromatic amines is 1. The fourth-order valence-corrected chi connectivity index (χ4v) is 6.84. The summed E-state index contributed by atoms with van der Waals surface area (Å²) in [6.45, 7) is 15.4. The van der Waals surface area contributed by atoms with Gasteiger partial charge in [0.15, 0.2) is 6.29 Å². The lowest BCUT2D eigenvalue weighted by molar-refractivity contribution is -0.271. The van der Waals surface area contributed by atoms with Gasteiger partial charge in [-0.2, -0.15) is 0 Å². The second-order valence-electron chi connectivity index (χ2n) is 13.6. The number of anilines is 1. The van der Waals surface area contributed by atoms with E-state index in [2.05, 4.69) is 61.2 Å². The van der Waals surface area contributed by atoms with E-state index < -0.39 is 55.2 Å². The number of benzene rings is 1. The van der Waals surface area contributed by atoms with Gasteiger partial charge in [0.1, 0.15) is 30.4 Å². The van der Waals surface area contributed by atoms with Crippen molar-refractivity contribution in [1.29, 1.82) is 0 Å². The Hall–Kier alpha value is -3.22. The number of rotatable bonds is 11. The summed E-state index contributed by atoms with van der Waals surface area (Å²) in [6.07, 6.45) is 3.34. The van der Waals surface area contributed by atoms with Crippen molar-refractivity contribution in [2.24, 2.45) is 5.92 Å². The largest absolute Gasteiger partial charge is 0.394 e. The van der Waals surface area contributed by atoms with Gasteiger partial charge in [-0.1, -0.05) is 44.6 Å². The fourth-order valence-electron chi connectivity index (χ4n) is 6.84. The van der Waals surface area contributed by atoms with Crippen LogP contribution in [0.4, 0.5) is 5.69 Å². The zero-order valence-electron chi connectivity index (χ0n) is 28.2. The summed E-state index contributed by atoms with van der Waals surface area (Å²) in [5, 5.41) is 37.7. The molecule has 0 radical (unpaired) electrons. The average molecular weight is 641 g/mol. The van der Waals surface area contributed by atoms with E-state index in [0.717, 1.165) is 40.6 Å². The van der Waals surface area contributed by atoms with Crippen LogP contribution in [0.1, 0.15) is 65.5 Å². The molecule has 4 rings (SSSR count). The second-order valence-corrected chi connectivity index (χ2v) is 13.6. The predicted octanol–water partition coefficient (Wildman–Crippen LogP) is 2.82. The van der Waals surface area contributed by atoms with E-state index in [4.69, 9.17) is 9.47 Å². The summed E-state index contributed by atoms with van der Waals surface area (Å²) in [5.74, 6) is -0.609. The van der Waals surface area contributed by atoms with Gasteiger partial charge in [0.05, 0.1) is 24.8 Å². The molecule has 2 aliphatic heterocycles. The van der Waals surface area contributed by atoms with Crippen molar-refractivity contribution in [3.8, 4) is 0 Å². The Morgan fingerprint density at radius 2 is 1.98 bits per heavy atom. The van der Waals surface area contributed by atoms with Crippen molar-refractivity contribution < 1.29 is 34.4 Å². The molecule has 46 heavy (non-hydrogen) atoms. The Kier molecular flexibility index (Phi) is 11.4.